The third kappa shape index (κ3) is 5.36. The molecule has 0 unspecified atom stereocenters. The van der Waals surface area contributed by atoms with Gasteiger partial charge in [-0.25, -0.2) is 0 Å². The van der Waals surface area contributed by atoms with Gasteiger partial charge in [-0.1, -0.05) is 29.8 Å². The van der Waals surface area contributed by atoms with Gasteiger partial charge in [-0.15, -0.1) is 0 Å². The van der Waals surface area contributed by atoms with Gasteiger partial charge in [0.2, 0.25) is 0 Å². The van der Waals surface area contributed by atoms with Gasteiger partial charge >= 0.3 is 0 Å². The van der Waals surface area contributed by atoms with Crippen LogP contribution in [0.3, 0.4) is 0 Å². The van der Waals surface area contributed by atoms with Gasteiger partial charge in [-0.2, -0.15) is 0 Å². The summed E-state index contributed by atoms with van der Waals surface area (Å²) in [7, 11) is 0. The van der Waals surface area contributed by atoms with Crippen molar-refractivity contribution in [2.24, 2.45) is 0 Å². The first kappa shape index (κ1) is 18.5. The number of carbonyl (C=O) groups is 2. The third-order valence-electron chi connectivity index (χ3n) is 3.79. The van der Waals surface area contributed by atoms with Gasteiger partial charge in [0.1, 0.15) is 0 Å². The van der Waals surface area contributed by atoms with Crippen LogP contribution >= 0.6 is 11.6 Å². The van der Waals surface area contributed by atoms with E-state index in [-0.39, 0.29) is 11.8 Å². The van der Waals surface area contributed by atoms with E-state index in [1.165, 1.54) is 18.5 Å². The summed E-state index contributed by atoms with van der Waals surface area (Å²) in [5.41, 5.74) is 2.29. The van der Waals surface area contributed by atoms with Gasteiger partial charge in [0.15, 0.2) is 0 Å². The number of aromatic nitrogens is 2. The maximum Gasteiger partial charge on any atom is 0.253 e. The van der Waals surface area contributed by atoms with Crippen LogP contribution in [0.5, 0.6) is 0 Å². The van der Waals surface area contributed by atoms with E-state index in [1.54, 1.807) is 24.4 Å². The summed E-state index contributed by atoms with van der Waals surface area (Å²) in [4.78, 5) is 32.7. The molecule has 0 spiro atoms. The van der Waals surface area contributed by atoms with Crippen molar-refractivity contribution >= 4 is 23.4 Å². The van der Waals surface area contributed by atoms with E-state index in [0.717, 1.165) is 11.3 Å². The number of amides is 2. The van der Waals surface area contributed by atoms with Crippen molar-refractivity contribution in [2.45, 2.75) is 13.1 Å². The van der Waals surface area contributed by atoms with Crippen LogP contribution in [0.4, 0.5) is 0 Å². The molecule has 0 saturated carbocycles. The van der Waals surface area contributed by atoms with Gasteiger partial charge in [-0.05, 0) is 35.9 Å². The quantitative estimate of drug-likeness (QED) is 0.688. The molecular weight excluding hydrogens is 364 g/mol. The molecule has 1 aromatic carbocycles. The molecule has 0 bridgehead atoms. The van der Waals surface area contributed by atoms with Gasteiger partial charge < -0.3 is 10.6 Å². The normalized spacial score (nSPS) is 10.3. The number of benzene rings is 1. The Balaban J connectivity index is 1.59. The zero-order valence-electron chi connectivity index (χ0n) is 14.4. The Morgan fingerprint density at radius 1 is 0.889 bits per heavy atom. The van der Waals surface area contributed by atoms with Crippen molar-refractivity contribution < 1.29 is 9.59 Å². The minimum absolute atomic E-state index is 0.298. The molecule has 0 aliphatic carbocycles. The lowest BCUT2D eigenvalue weighted by Crippen LogP contribution is -2.26. The maximum absolute atomic E-state index is 12.3. The molecule has 3 rings (SSSR count). The summed E-state index contributed by atoms with van der Waals surface area (Å²) in [5, 5.41) is 6.19. The zero-order valence-corrected chi connectivity index (χ0v) is 15.1. The van der Waals surface area contributed by atoms with E-state index in [4.69, 9.17) is 11.6 Å². The van der Waals surface area contributed by atoms with Crippen molar-refractivity contribution in [1.29, 1.82) is 0 Å². The monoisotopic (exact) mass is 380 g/mol. The highest BCUT2D eigenvalue weighted by Gasteiger charge is 2.11. The molecule has 2 amide bonds. The molecule has 3 aromatic rings. The van der Waals surface area contributed by atoms with Crippen molar-refractivity contribution in [1.82, 2.24) is 20.6 Å². The minimum Gasteiger partial charge on any atom is -0.348 e. The zero-order chi connectivity index (χ0) is 19.1. The lowest BCUT2D eigenvalue weighted by molar-refractivity contribution is 0.0950. The van der Waals surface area contributed by atoms with Crippen LogP contribution in [0, 0.1) is 0 Å². The number of nitrogens with one attached hydrogen (secondary N) is 2. The molecule has 6 nitrogen and oxygen atoms in total. The maximum atomic E-state index is 12.3. The summed E-state index contributed by atoms with van der Waals surface area (Å²) >= 11 is 5.84. The molecular formula is C20H17ClN4O2. The van der Waals surface area contributed by atoms with E-state index < -0.39 is 0 Å². The highest BCUT2D eigenvalue weighted by molar-refractivity contribution is 6.30. The van der Waals surface area contributed by atoms with E-state index in [1.807, 2.05) is 24.3 Å². The van der Waals surface area contributed by atoms with Crippen LogP contribution in [0.15, 0.2) is 67.1 Å². The molecule has 0 radical (unpaired) electrons. The van der Waals surface area contributed by atoms with Crippen LogP contribution in [0.25, 0.3) is 0 Å². The number of halogens is 1. The molecule has 2 heterocycles. The smallest absolute Gasteiger partial charge is 0.253 e. The van der Waals surface area contributed by atoms with Gasteiger partial charge in [-0.3, -0.25) is 19.6 Å². The summed E-state index contributed by atoms with van der Waals surface area (Å²) in [5.74, 6) is -0.627. The Hall–Kier alpha value is -3.25. The van der Waals surface area contributed by atoms with Crippen LogP contribution in [0.1, 0.15) is 32.0 Å². The number of hydrogen-bond donors (Lipinski definition) is 2. The molecule has 0 aliphatic rings. The predicted molar refractivity (Wildman–Crippen MR) is 102 cm³/mol. The average Bonchev–Trinajstić information content (AvgIpc) is 2.72. The van der Waals surface area contributed by atoms with Crippen molar-refractivity contribution in [3.8, 4) is 0 Å². The first-order valence-corrected chi connectivity index (χ1v) is 8.65. The molecule has 2 aromatic heterocycles. The Morgan fingerprint density at radius 2 is 1.56 bits per heavy atom. The number of pyridine rings is 2. The number of nitrogens with zero attached hydrogens (tertiary/aromatic N) is 2. The van der Waals surface area contributed by atoms with Gasteiger partial charge in [0.05, 0.1) is 23.4 Å². The number of rotatable bonds is 6. The minimum atomic E-state index is -0.319. The van der Waals surface area contributed by atoms with Crippen LogP contribution < -0.4 is 10.6 Å². The fourth-order valence-electron chi connectivity index (χ4n) is 2.35. The van der Waals surface area contributed by atoms with Crippen molar-refractivity contribution in [3.05, 3.63) is 94.5 Å². The van der Waals surface area contributed by atoms with E-state index >= 15 is 0 Å². The SMILES string of the molecule is O=C(NCc1ccc(Cl)cc1)c1cncc(C(=O)NCc2ccccn2)c1. The second-order valence-corrected chi connectivity index (χ2v) is 6.21. The molecule has 2 N–H and O–H groups in total. The van der Waals surface area contributed by atoms with Crippen molar-refractivity contribution in [3.63, 3.8) is 0 Å². The van der Waals surface area contributed by atoms with Gasteiger partial charge in [0, 0.05) is 30.2 Å². The summed E-state index contributed by atoms with van der Waals surface area (Å²) in [6, 6.07) is 14.2. The fraction of sp³-hybridized carbons (Fsp3) is 0.100. The highest BCUT2D eigenvalue weighted by atomic mass is 35.5. The summed E-state index contributed by atoms with van der Waals surface area (Å²) < 4.78 is 0. The lowest BCUT2D eigenvalue weighted by atomic mass is 10.1. The molecule has 7 heteroatoms. The number of carbonyl (C=O) groups excluding carboxylic acids is 2. The first-order chi connectivity index (χ1) is 13.1. The molecule has 0 aliphatic heterocycles. The highest BCUT2D eigenvalue weighted by Crippen LogP contribution is 2.10. The van der Waals surface area contributed by atoms with Crippen LogP contribution in [-0.2, 0) is 13.1 Å². The van der Waals surface area contributed by atoms with E-state index in [0.29, 0.717) is 29.2 Å². The molecule has 0 atom stereocenters. The van der Waals surface area contributed by atoms with Crippen LogP contribution in [-0.4, -0.2) is 21.8 Å². The molecule has 136 valence electrons. The topological polar surface area (TPSA) is 84.0 Å². The lowest BCUT2D eigenvalue weighted by Gasteiger charge is -2.08. The number of hydrogen-bond acceptors (Lipinski definition) is 4. The standard InChI is InChI=1S/C20H17ClN4O2/c21-17-6-4-14(5-7-17)10-24-19(26)15-9-16(12-22-11-15)20(27)25-13-18-3-1-2-8-23-18/h1-9,11-12H,10,13H2,(H,24,26)(H,25,27). The average molecular weight is 381 g/mol. The Labute approximate surface area is 161 Å². The molecule has 27 heavy (non-hydrogen) atoms. The second kappa shape index (κ2) is 8.91. The Bertz CT molecular complexity index is 930. The summed E-state index contributed by atoms with van der Waals surface area (Å²) in [6.45, 7) is 0.652. The fourth-order valence-corrected chi connectivity index (χ4v) is 2.48. The van der Waals surface area contributed by atoms with E-state index in [9.17, 15) is 9.59 Å². The first-order valence-electron chi connectivity index (χ1n) is 8.27. The third-order valence-corrected chi connectivity index (χ3v) is 4.04. The van der Waals surface area contributed by atoms with Gasteiger partial charge in [0.25, 0.3) is 11.8 Å². The van der Waals surface area contributed by atoms with Crippen molar-refractivity contribution in [2.75, 3.05) is 0 Å². The molecule has 0 saturated heterocycles. The summed E-state index contributed by atoms with van der Waals surface area (Å²) in [6.07, 6.45) is 4.51. The van der Waals surface area contributed by atoms with E-state index in [2.05, 4.69) is 20.6 Å². The second-order valence-electron chi connectivity index (χ2n) is 5.78. The Kier molecular flexibility index (Phi) is 6.12. The van der Waals surface area contributed by atoms with Crippen LogP contribution in [0.2, 0.25) is 5.02 Å². The molecule has 0 fully saturated rings. The largest absolute Gasteiger partial charge is 0.348 e. The predicted octanol–water partition coefficient (Wildman–Crippen LogP) is 2.99. The Morgan fingerprint density at radius 3 is 2.19 bits per heavy atom.